The molecule has 0 spiro atoms. The van der Waals surface area contributed by atoms with E-state index >= 15 is 0 Å². The Morgan fingerprint density at radius 3 is 2.50 bits per heavy atom. The highest BCUT2D eigenvalue weighted by Gasteiger charge is 2.28. The van der Waals surface area contributed by atoms with E-state index in [4.69, 9.17) is 5.73 Å². The lowest BCUT2D eigenvalue weighted by Gasteiger charge is -2.31. The Hall–Kier alpha value is -1.69. The van der Waals surface area contributed by atoms with Crippen LogP contribution in [-0.2, 0) is 0 Å². The summed E-state index contributed by atoms with van der Waals surface area (Å²) in [5.41, 5.74) is 7.95. The highest BCUT2D eigenvalue weighted by molar-refractivity contribution is 5.91. The molecular weight excluding hydrogens is 302 g/mol. The normalized spacial score (nSPS) is 22.0. The molecule has 1 aliphatic heterocycles. The summed E-state index contributed by atoms with van der Waals surface area (Å²) in [6, 6.07) is 0.504. The molecule has 2 aliphatic rings. The van der Waals surface area contributed by atoms with E-state index in [0.717, 1.165) is 49.4 Å². The molecule has 1 aromatic rings. The fraction of sp³-hybridized carbons (Fsp3) is 0.722. The van der Waals surface area contributed by atoms with Gasteiger partial charge in [0.05, 0.1) is 0 Å². The van der Waals surface area contributed by atoms with Crippen molar-refractivity contribution in [3.63, 3.8) is 0 Å². The number of hydrogen-bond donors (Lipinski definition) is 1. The second-order valence-electron chi connectivity index (χ2n) is 7.28. The molecular formula is C18H29N5O. The second-order valence-corrected chi connectivity index (χ2v) is 7.28. The van der Waals surface area contributed by atoms with Crippen molar-refractivity contribution in [2.24, 2.45) is 5.73 Å². The van der Waals surface area contributed by atoms with Crippen molar-refractivity contribution >= 4 is 11.7 Å². The van der Waals surface area contributed by atoms with Crippen molar-refractivity contribution in [3.05, 3.63) is 17.1 Å². The number of amides is 1. The van der Waals surface area contributed by atoms with Gasteiger partial charge in [0.25, 0.3) is 5.91 Å². The molecule has 0 radical (unpaired) electrons. The van der Waals surface area contributed by atoms with Crippen molar-refractivity contribution in [3.8, 4) is 0 Å². The van der Waals surface area contributed by atoms with Crippen LogP contribution in [0.3, 0.4) is 0 Å². The smallest absolute Gasteiger partial charge is 0.291 e. The minimum Gasteiger partial charge on any atom is -0.355 e. The van der Waals surface area contributed by atoms with E-state index < -0.39 is 0 Å². The Morgan fingerprint density at radius 1 is 1.17 bits per heavy atom. The van der Waals surface area contributed by atoms with Crippen molar-refractivity contribution in [1.82, 2.24) is 14.9 Å². The van der Waals surface area contributed by atoms with Gasteiger partial charge in [0.2, 0.25) is 5.82 Å². The number of aryl methyl sites for hydroxylation is 1. The highest BCUT2D eigenvalue weighted by atomic mass is 16.2. The van der Waals surface area contributed by atoms with Gasteiger partial charge in [0, 0.05) is 43.5 Å². The number of rotatable bonds is 3. The van der Waals surface area contributed by atoms with E-state index in [-0.39, 0.29) is 11.9 Å². The predicted octanol–water partition coefficient (Wildman–Crippen LogP) is 2.04. The topological polar surface area (TPSA) is 75.4 Å². The third kappa shape index (κ3) is 3.38. The Morgan fingerprint density at radius 2 is 1.88 bits per heavy atom. The molecule has 3 rings (SSSR count). The molecule has 132 valence electrons. The van der Waals surface area contributed by atoms with Crippen LogP contribution in [0.15, 0.2) is 0 Å². The molecule has 1 aromatic heterocycles. The number of nitrogens with zero attached hydrogens (tertiary/aromatic N) is 4. The molecule has 0 bridgehead atoms. The average Bonchev–Trinajstić information content (AvgIpc) is 3.03. The van der Waals surface area contributed by atoms with Crippen LogP contribution < -0.4 is 10.6 Å². The van der Waals surface area contributed by atoms with Crippen molar-refractivity contribution in [2.45, 2.75) is 64.5 Å². The standard InChI is InChI=1S/C18H29N5O/c1-12-13(2)20-16(21-17(12)23-10-9-14(19)11-23)18(24)22(3)15-7-5-4-6-8-15/h14-15H,4-11,19H2,1-3H3/t14-/m1/s1. The van der Waals surface area contributed by atoms with E-state index in [1.807, 2.05) is 25.8 Å². The van der Waals surface area contributed by atoms with Gasteiger partial charge in [-0.2, -0.15) is 0 Å². The van der Waals surface area contributed by atoms with Crippen LogP contribution in [0.1, 0.15) is 60.4 Å². The Balaban J connectivity index is 1.84. The van der Waals surface area contributed by atoms with Crippen LogP contribution in [0.25, 0.3) is 0 Å². The minimum absolute atomic E-state index is 0.0604. The molecule has 1 amide bonds. The van der Waals surface area contributed by atoms with E-state index in [9.17, 15) is 4.79 Å². The maximum Gasteiger partial charge on any atom is 0.291 e. The van der Waals surface area contributed by atoms with E-state index in [1.54, 1.807) is 0 Å². The third-order valence-electron chi connectivity index (χ3n) is 5.52. The third-order valence-corrected chi connectivity index (χ3v) is 5.52. The highest BCUT2D eigenvalue weighted by Crippen LogP contribution is 2.25. The van der Waals surface area contributed by atoms with Gasteiger partial charge in [-0.1, -0.05) is 19.3 Å². The summed E-state index contributed by atoms with van der Waals surface area (Å²) in [6.45, 7) is 5.66. The molecule has 1 atom stereocenters. The fourth-order valence-corrected chi connectivity index (χ4v) is 3.79. The van der Waals surface area contributed by atoms with E-state index in [1.165, 1.54) is 19.3 Å². The molecule has 1 aliphatic carbocycles. The summed E-state index contributed by atoms with van der Waals surface area (Å²) >= 11 is 0. The van der Waals surface area contributed by atoms with Gasteiger partial charge in [-0.25, -0.2) is 9.97 Å². The molecule has 6 nitrogen and oxygen atoms in total. The zero-order valence-corrected chi connectivity index (χ0v) is 15.1. The molecule has 6 heteroatoms. The summed E-state index contributed by atoms with van der Waals surface area (Å²) in [5.74, 6) is 1.13. The largest absolute Gasteiger partial charge is 0.355 e. The first-order valence-corrected chi connectivity index (χ1v) is 9.10. The zero-order chi connectivity index (χ0) is 17.3. The van der Waals surface area contributed by atoms with Crippen molar-refractivity contribution in [2.75, 3.05) is 25.0 Å². The fourth-order valence-electron chi connectivity index (χ4n) is 3.79. The number of carbonyl (C=O) groups is 1. The number of nitrogens with two attached hydrogens (primary N) is 1. The van der Waals surface area contributed by atoms with Gasteiger partial charge < -0.3 is 15.5 Å². The lowest BCUT2D eigenvalue weighted by Crippen LogP contribution is -2.39. The molecule has 2 heterocycles. The van der Waals surface area contributed by atoms with Gasteiger partial charge >= 0.3 is 0 Å². The SMILES string of the molecule is Cc1nc(C(=O)N(C)C2CCCCC2)nc(N2CC[C@@H](N)C2)c1C. The van der Waals surface area contributed by atoms with Gasteiger partial charge in [0.1, 0.15) is 5.82 Å². The van der Waals surface area contributed by atoms with Gasteiger partial charge in [-0.15, -0.1) is 0 Å². The van der Waals surface area contributed by atoms with Crippen LogP contribution in [0.2, 0.25) is 0 Å². The van der Waals surface area contributed by atoms with Crippen LogP contribution in [-0.4, -0.2) is 53.0 Å². The summed E-state index contributed by atoms with van der Waals surface area (Å²) < 4.78 is 0. The number of carbonyl (C=O) groups excluding carboxylic acids is 1. The maximum atomic E-state index is 12.9. The van der Waals surface area contributed by atoms with Crippen LogP contribution >= 0.6 is 0 Å². The monoisotopic (exact) mass is 331 g/mol. The Labute approximate surface area is 144 Å². The quantitative estimate of drug-likeness (QED) is 0.917. The zero-order valence-electron chi connectivity index (χ0n) is 15.1. The second kappa shape index (κ2) is 7.05. The summed E-state index contributed by atoms with van der Waals surface area (Å²) in [5, 5.41) is 0. The first-order valence-electron chi connectivity index (χ1n) is 9.10. The molecule has 0 aromatic carbocycles. The van der Waals surface area contributed by atoms with Crippen LogP contribution in [0, 0.1) is 13.8 Å². The van der Waals surface area contributed by atoms with E-state index in [2.05, 4.69) is 14.9 Å². The molecule has 24 heavy (non-hydrogen) atoms. The van der Waals surface area contributed by atoms with E-state index in [0.29, 0.717) is 11.9 Å². The molecule has 1 saturated heterocycles. The number of aromatic nitrogens is 2. The molecule has 1 saturated carbocycles. The average molecular weight is 331 g/mol. The number of anilines is 1. The molecule has 0 unspecified atom stereocenters. The number of hydrogen-bond acceptors (Lipinski definition) is 5. The first kappa shape index (κ1) is 17.1. The first-order chi connectivity index (χ1) is 11.5. The summed E-state index contributed by atoms with van der Waals surface area (Å²) in [7, 11) is 1.89. The maximum absolute atomic E-state index is 12.9. The summed E-state index contributed by atoms with van der Waals surface area (Å²) in [6.07, 6.45) is 6.81. The van der Waals surface area contributed by atoms with Crippen molar-refractivity contribution in [1.29, 1.82) is 0 Å². The Bertz CT molecular complexity index is 612. The van der Waals surface area contributed by atoms with Gasteiger partial charge in [-0.05, 0) is 33.1 Å². The summed E-state index contributed by atoms with van der Waals surface area (Å²) in [4.78, 5) is 26.0. The van der Waals surface area contributed by atoms with Crippen molar-refractivity contribution < 1.29 is 4.79 Å². The lowest BCUT2D eigenvalue weighted by molar-refractivity contribution is 0.0683. The molecule has 2 N–H and O–H groups in total. The Kier molecular flexibility index (Phi) is 5.04. The van der Waals surface area contributed by atoms with Crippen LogP contribution in [0.4, 0.5) is 5.82 Å². The lowest BCUT2D eigenvalue weighted by atomic mass is 9.94. The minimum atomic E-state index is -0.0604. The molecule has 2 fully saturated rings. The predicted molar refractivity (Wildman–Crippen MR) is 95.3 cm³/mol. The van der Waals surface area contributed by atoms with Crippen LogP contribution in [0.5, 0.6) is 0 Å². The van der Waals surface area contributed by atoms with Gasteiger partial charge in [0.15, 0.2) is 0 Å². The van der Waals surface area contributed by atoms with Gasteiger partial charge in [-0.3, -0.25) is 4.79 Å².